The number of H-pyrrole nitrogens is 1. The van der Waals surface area contributed by atoms with Crippen LogP contribution in [0.5, 0.6) is 0 Å². The van der Waals surface area contributed by atoms with Gasteiger partial charge in [0.05, 0.1) is 28.7 Å². The molecular formula is C21H22FN7. The van der Waals surface area contributed by atoms with E-state index in [0.717, 1.165) is 48.5 Å². The quantitative estimate of drug-likeness (QED) is 0.543. The fourth-order valence-electron chi connectivity index (χ4n) is 4.08. The summed E-state index contributed by atoms with van der Waals surface area (Å²) in [5.41, 5.74) is 3.35. The highest BCUT2D eigenvalue weighted by Crippen LogP contribution is 2.39. The van der Waals surface area contributed by atoms with Crippen molar-refractivity contribution in [3.05, 3.63) is 53.1 Å². The van der Waals surface area contributed by atoms with Gasteiger partial charge < -0.3 is 10.3 Å². The molecule has 148 valence electrons. The van der Waals surface area contributed by atoms with Crippen LogP contribution in [0.15, 0.2) is 46.1 Å². The number of halogens is 1. The summed E-state index contributed by atoms with van der Waals surface area (Å²) in [6.07, 6.45) is 6.91. The van der Waals surface area contributed by atoms with E-state index in [1.54, 1.807) is 18.5 Å². The number of rotatable bonds is 4. The molecule has 2 heterocycles. The van der Waals surface area contributed by atoms with Crippen molar-refractivity contribution in [3.63, 3.8) is 0 Å². The molecule has 0 unspecified atom stereocenters. The number of hydrogen-bond acceptors (Lipinski definition) is 6. The second-order valence-corrected chi connectivity index (χ2v) is 7.28. The first-order chi connectivity index (χ1) is 14.1. The number of nitrogens with zero attached hydrogens (tertiary/aromatic N) is 4. The molecule has 2 aliphatic rings. The maximum absolute atomic E-state index is 14.2. The fourth-order valence-corrected chi connectivity index (χ4v) is 4.08. The van der Waals surface area contributed by atoms with Crippen molar-refractivity contribution in [2.75, 3.05) is 5.32 Å². The molecule has 0 spiro atoms. The number of allylic oxidation sites excluding steroid dienone is 1. The molecule has 2 aromatic rings. The van der Waals surface area contributed by atoms with Gasteiger partial charge in [0.25, 0.3) is 0 Å². The first kappa shape index (κ1) is 18.9. The molecule has 4 N–H and O–H groups in total. The standard InChI is InChI=1S/C21H22FN7/c1-25-19(20-16-8-9-26-21(16)27-12-29(20)24)14-3-5-15(6-4-14)28-18-7-2-13(11-23)10-17(18)22/h2,7-10,12,14-15,26,28H,1,3-6,24H2/b20-19-. The molecule has 1 aromatic heterocycles. The lowest BCUT2D eigenvalue weighted by atomic mass is 9.82. The summed E-state index contributed by atoms with van der Waals surface area (Å²) in [6, 6.07) is 8.55. The lowest BCUT2D eigenvalue weighted by molar-refractivity contribution is 0.372. The molecular weight excluding hydrogens is 369 g/mol. The van der Waals surface area contributed by atoms with Gasteiger partial charge in [-0.15, -0.1) is 0 Å². The van der Waals surface area contributed by atoms with E-state index < -0.39 is 5.82 Å². The Hall–Kier alpha value is -3.44. The second kappa shape index (κ2) is 7.89. The van der Waals surface area contributed by atoms with Crippen LogP contribution in [0.1, 0.15) is 36.8 Å². The summed E-state index contributed by atoms with van der Waals surface area (Å²) < 4.78 is 14.2. The zero-order chi connectivity index (χ0) is 20.4. The van der Waals surface area contributed by atoms with Crippen LogP contribution in [0.2, 0.25) is 0 Å². The molecule has 1 fully saturated rings. The van der Waals surface area contributed by atoms with E-state index in [1.165, 1.54) is 11.1 Å². The van der Waals surface area contributed by atoms with E-state index in [9.17, 15) is 4.39 Å². The summed E-state index contributed by atoms with van der Waals surface area (Å²) in [5, 5.41) is 13.6. The number of aromatic amines is 1. The minimum absolute atomic E-state index is 0.162. The second-order valence-electron chi connectivity index (χ2n) is 7.28. The van der Waals surface area contributed by atoms with Crippen LogP contribution >= 0.6 is 0 Å². The van der Waals surface area contributed by atoms with Crippen molar-refractivity contribution in [1.82, 2.24) is 9.99 Å². The Morgan fingerprint density at radius 3 is 2.83 bits per heavy atom. The molecule has 1 aliphatic carbocycles. The number of nitriles is 1. The van der Waals surface area contributed by atoms with Crippen molar-refractivity contribution >= 4 is 30.3 Å². The predicted molar refractivity (Wildman–Crippen MR) is 112 cm³/mol. The average molecular weight is 391 g/mol. The molecule has 0 radical (unpaired) electrons. The largest absolute Gasteiger partial charge is 0.380 e. The summed E-state index contributed by atoms with van der Waals surface area (Å²) in [4.78, 5) is 11.7. The van der Waals surface area contributed by atoms with Gasteiger partial charge in [0.1, 0.15) is 18.0 Å². The van der Waals surface area contributed by atoms with Crippen LogP contribution in [-0.2, 0) is 0 Å². The maximum Gasteiger partial charge on any atom is 0.147 e. The molecule has 1 aliphatic heterocycles. The van der Waals surface area contributed by atoms with Gasteiger partial charge in [0.15, 0.2) is 0 Å². The highest BCUT2D eigenvalue weighted by atomic mass is 19.1. The van der Waals surface area contributed by atoms with E-state index in [4.69, 9.17) is 11.1 Å². The van der Waals surface area contributed by atoms with Crippen LogP contribution < -0.4 is 11.2 Å². The number of aliphatic imine (C=N–C) groups is 2. The fraction of sp³-hybridized carbons (Fsp3) is 0.286. The highest BCUT2D eigenvalue weighted by Gasteiger charge is 2.29. The van der Waals surface area contributed by atoms with E-state index in [2.05, 4.69) is 27.0 Å². The Balaban J connectivity index is 1.49. The summed E-state index contributed by atoms with van der Waals surface area (Å²) >= 11 is 0. The van der Waals surface area contributed by atoms with Gasteiger partial charge in [0.2, 0.25) is 0 Å². The number of hydrogen-bond donors (Lipinski definition) is 3. The van der Waals surface area contributed by atoms with Gasteiger partial charge >= 0.3 is 0 Å². The number of hydrazine groups is 1. The van der Waals surface area contributed by atoms with Crippen molar-refractivity contribution in [1.29, 1.82) is 5.26 Å². The van der Waals surface area contributed by atoms with Gasteiger partial charge in [0, 0.05) is 23.7 Å². The van der Waals surface area contributed by atoms with Crippen molar-refractivity contribution in [2.45, 2.75) is 31.7 Å². The molecule has 4 rings (SSSR count). The van der Waals surface area contributed by atoms with E-state index >= 15 is 0 Å². The van der Waals surface area contributed by atoms with Gasteiger partial charge in [-0.2, -0.15) is 5.26 Å². The van der Waals surface area contributed by atoms with E-state index in [0.29, 0.717) is 11.3 Å². The third kappa shape index (κ3) is 3.65. The van der Waals surface area contributed by atoms with Crippen LogP contribution in [0.3, 0.4) is 0 Å². The number of benzene rings is 1. The number of nitrogens with two attached hydrogens (primary N) is 1. The number of anilines is 1. The smallest absolute Gasteiger partial charge is 0.147 e. The van der Waals surface area contributed by atoms with Crippen LogP contribution in [0.25, 0.3) is 5.70 Å². The van der Waals surface area contributed by atoms with Gasteiger partial charge in [-0.25, -0.2) is 15.2 Å². The van der Waals surface area contributed by atoms with Gasteiger partial charge in [-0.3, -0.25) is 10.0 Å². The van der Waals surface area contributed by atoms with Crippen molar-refractivity contribution < 1.29 is 4.39 Å². The normalized spacial score (nSPS) is 22.6. The third-order valence-corrected chi connectivity index (χ3v) is 5.53. The average Bonchev–Trinajstić information content (AvgIpc) is 3.21. The number of aromatic nitrogens is 1. The Labute approximate surface area is 168 Å². The molecule has 1 saturated carbocycles. The van der Waals surface area contributed by atoms with Crippen molar-refractivity contribution in [2.24, 2.45) is 21.7 Å². The Morgan fingerprint density at radius 2 is 2.14 bits per heavy atom. The monoisotopic (exact) mass is 391 g/mol. The molecule has 0 amide bonds. The lowest BCUT2D eigenvalue weighted by Crippen LogP contribution is -2.32. The number of fused-ring (bicyclic) bond motifs is 1. The lowest BCUT2D eigenvalue weighted by Gasteiger charge is -2.32. The molecule has 29 heavy (non-hydrogen) atoms. The van der Waals surface area contributed by atoms with Crippen LogP contribution in [0.4, 0.5) is 15.9 Å². The van der Waals surface area contributed by atoms with Crippen molar-refractivity contribution in [3.8, 4) is 6.07 Å². The third-order valence-electron chi connectivity index (χ3n) is 5.53. The minimum atomic E-state index is -0.401. The molecule has 0 atom stereocenters. The molecule has 0 bridgehead atoms. The first-order valence-electron chi connectivity index (χ1n) is 9.53. The zero-order valence-electron chi connectivity index (χ0n) is 15.9. The Kier molecular flexibility index (Phi) is 5.14. The van der Waals surface area contributed by atoms with E-state index in [1.807, 2.05) is 18.3 Å². The van der Waals surface area contributed by atoms with Crippen LogP contribution in [0, 0.1) is 23.1 Å². The SMILES string of the molecule is C=N/C(=C1/c2cc[nH]c2N=CN1N)C1CCC(Nc2ccc(C#N)cc2F)CC1. The summed E-state index contributed by atoms with van der Waals surface area (Å²) in [6.45, 7) is 3.78. The van der Waals surface area contributed by atoms with Crippen LogP contribution in [-0.4, -0.2) is 29.1 Å². The predicted octanol–water partition coefficient (Wildman–Crippen LogP) is 3.91. The van der Waals surface area contributed by atoms with Gasteiger partial charge in [-0.05, 0) is 56.7 Å². The van der Waals surface area contributed by atoms with E-state index in [-0.39, 0.29) is 12.0 Å². The maximum atomic E-state index is 14.2. The first-order valence-corrected chi connectivity index (χ1v) is 9.53. The topological polar surface area (TPSA) is 106 Å². The Morgan fingerprint density at radius 1 is 1.34 bits per heavy atom. The molecule has 0 saturated heterocycles. The highest BCUT2D eigenvalue weighted by molar-refractivity contribution is 5.87. The zero-order valence-corrected chi connectivity index (χ0v) is 15.9. The van der Waals surface area contributed by atoms with Gasteiger partial charge in [-0.1, -0.05) is 0 Å². The number of nitrogens with one attached hydrogen (secondary N) is 2. The molecule has 8 heteroatoms. The summed E-state index contributed by atoms with van der Waals surface area (Å²) in [7, 11) is 0. The minimum Gasteiger partial charge on any atom is -0.380 e. The molecule has 1 aromatic carbocycles. The molecule has 7 nitrogen and oxygen atoms in total. The summed E-state index contributed by atoms with van der Waals surface area (Å²) in [5.74, 6) is 6.73. The Bertz CT molecular complexity index is 1020.